The second-order valence-corrected chi connectivity index (χ2v) is 6.13. The number of fused-ring (bicyclic) bond motifs is 1. The van der Waals surface area contributed by atoms with Gasteiger partial charge in [-0.2, -0.15) is 0 Å². The Balaban J connectivity index is 1.49. The van der Waals surface area contributed by atoms with Crippen LogP contribution in [0.3, 0.4) is 0 Å². The van der Waals surface area contributed by atoms with E-state index in [4.69, 9.17) is 21.1 Å². The summed E-state index contributed by atoms with van der Waals surface area (Å²) in [5, 5.41) is 14.4. The Morgan fingerprint density at radius 3 is 3.10 bits per heavy atom. The zero-order valence-corrected chi connectivity index (χ0v) is 12.3. The van der Waals surface area contributed by atoms with Crippen LogP contribution in [-0.2, 0) is 11.2 Å². The molecule has 0 aromatic heterocycles. The molecule has 1 aromatic carbocycles. The van der Waals surface area contributed by atoms with Crippen molar-refractivity contribution < 1.29 is 14.6 Å². The third kappa shape index (κ3) is 2.79. The number of hydrogen-bond acceptors (Lipinski definition) is 4. The number of benzene rings is 1. The maximum Gasteiger partial charge on any atom is 0.123 e. The fraction of sp³-hybridized carbons (Fsp3) is 0.600. The Hall–Kier alpha value is -0.810. The van der Waals surface area contributed by atoms with E-state index in [-0.39, 0.29) is 12.2 Å². The van der Waals surface area contributed by atoms with Gasteiger partial charge in [-0.05, 0) is 30.7 Å². The first-order valence-corrected chi connectivity index (χ1v) is 7.44. The fourth-order valence-corrected chi connectivity index (χ4v) is 3.05. The Labute approximate surface area is 124 Å². The van der Waals surface area contributed by atoms with Crippen molar-refractivity contribution in [2.24, 2.45) is 0 Å². The van der Waals surface area contributed by atoms with Crippen molar-refractivity contribution in [3.05, 3.63) is 28.8 Å². The molecule has 3 atom stereocenters. The molecule has 0 aliphatic carbocycles. The van der Waals surface area contributed by atoms with E-state index in [9.17, 15) is 5.11 Å². The molecule has 1 saturated heterocycles. The molecule has 110 valence electrons. The maximum absolute atomic E-state index is 10.4. The summed E-state index contributed by atoms with van der Waals surface area (Å²) < 4.78 is 11.3. The van der Waals surface area contributed by atoms with E-state index in [1.807, 2.05) is 25.1 Å². The number of aliphatic hydroxyl groups is 1. The lowest BCUT2D eigenvalue weighted by molar-refractivity contribution is -0.0269. The van der Waals surface area contributed by atoms with Gasteiger partial charge in [-0.1, -0.05) is 11.6 Å². The van der Waals surface area contributed by atoms with Crippen LogP contribution in [0.2, 0.25) is 5.02 Å². The number of nitrogens with one attached hydrogen (secondary N) is 1. The van der Waals surface area contributed by atoms with Crippen molar-refractivity contribution in [1.29, 1.82) is 0 Å². The highest BCUT2D eigenvalue weighted by atomic mass is 35.5. The van der Waals surface area contributed by atoms with Gasteiger partial charge in [0.05, 0.1) is 6.10 Å². The summed E-state index contributed by atoms with van der Waals surface area (Å²) in [6, 6.07) is 5.71. The van der Waals surface area contributed by atoms with Crippen LogP contribution in [0, 0.1) is 0 Å². The Bertz CT molecular complexity index is 496. The van der Waals surface area contributed by atoms with Crippen LogP contribution in [0.5, 0.6) is 5.75 Å². The molecule has 5 heteroatoms. The van der Waals surface area contributed by atoms with Crippen LogP contribution < -0.4 is 10.1 Å². The summed E-state index contributed by atoms with van der Waals surface area (Å²) in [6.45, 7) is 3.79. The van der Waals surface area contributed by atoms with Crippen molar-refractivity contribution in [1.82, 2.24) is 5.32 Å². The summed E-state index contributed by atoms with van der Waals surface area (Å²) in [4.78, 5) is 0. The third-order valence-corrected chi connectivity index (χ3v) is 4.46. The summed E-state index contributed by atoms with van der Waals surface area (Å²) in [5.74, 6) is 0.914. The van der Waals surface area contributed by atoms with Gasteiger partial charge in [0.15, 0.2) is 0 Å². The minimum atomic E-state index is -0.755. The van der Waals surface area contributed by atoms with Crippen LogP contribution in [0.25, 0.3) is 0 Å². The molecule has 3 unspecified atom stereocenters. The van der Waals surface area contributed by atoms with Crippen molar-refractivity contribution in [3.8, 4) is 5.75 Å². The average molecular weight is 298 g/mol. The van der Waals surface area contributed by atoms with Crippen LogP contribution in [0.4, 0.5) is 0 Å². The van der Waals surface area contributed by atoms with Crippen LogP contribution >= 0.6 is 11.6 Å². The largest absolute Gasteiger partial charge is 0.488 e. The molecule has 0 spiro atoms. The van der Waals surface area contributed by atoms with Gasteiger partial charge >= 0.3 is 0 Å². The van der Waals surface area contributed by atoms with Gasteiger partial charge in [-0.25, -0.2) is 0 Å². The molecule has 0 bridgehead atoms. The SMILES string of the molecule is CC1OCCC1(O)CNCC1Cc2cc(Cl)ccc2O1. The predicted octanol–water partition coefficient (Wildman–Crippen LogP) is 1.77. The molecule has 2 N–H and O–H groups in total. The monoisotopic (exact) mass is 297 g/mol. The first kappa shape index (κ1) is 14.1. The smallest absolute Gasteiger partial charge is 0.123 e. The van der Waals surface area contributed by atoms with Gasteiger partial charge in [0.25, 0.3) is 0 Å². The van der Waals surface area contributed by atoms with E-state index in [1.54, 1.807) is 0 Å². The molecular formula is C15H20ClNO3. The zero-order chi connectivity index (χ0) is 14.2. The summed E-state index contributed by atoms with van der Waals surface area (Å²) in [6.07, 6.45) is 1.52. The minimum Gasteiger partial charge on any atom is -0.488 e. The van der Waals surface area contributed by atoms with Gasteiger partial charge in [-0.15, -0.1) is 0 Å². The van der Waals surface area contributed by atoms with Crippen molar-refractivity contribution in [3.63, 3.8) is 0 Å². The lowest BCUT2D eigenvalue weighted by Gasteiger charge is -2.26. The molecule has 1 aromatic rings. The standard InChI is InChI=1S/C15H20ClNO3/c1-10-15(18,4-5-19-10)9-17-8-13-7-11-6-12(16)2-3-14(11)20-13/h2-3,6,10,13,17-18H,4-5,7-9H2,1H3. The zero-order valence-electron chi connectivity index (χ0n) is 11.6. The Morgan fingerprint density at radius 1 is 1.50 bits per heavy atom. The number of hydrogen-bond donors (Lipinski definition) is 2. The summed E-state index contributed by atoms with van der Waals surface area (Å²) >= 11 is 5.98. The van der Waals surface area contributed by atoms with E-state index in [0.717, 1.165) is 22.8 Å². The van der Waals surface area contributed by atoms with Gasteiger partial charge in [0.2, 0.25) is 0 Å². The first-order chi connectivity index (χ1) is 9.57. The van der Waals surface area contributed by atoms with Crippen LogP contribution in [-0.4, -0.2) is 42.6 Å². The van der Waals surface area contributed by atoms with Gasteiger partial charge in [0.1, 0.15) is 17.5 Å². The van der Waals surface area contributed by atoms with E-state index >= 15 is 0 Å². The number of halogens is 1. The van der Waals surface area contributed by atoms with Crippen LogP contribution in [0.1, 0.15) is 18.9 Å². The molecule has 0 radical (unpaired) electrons. The summed E-state index contributed by atoms with van der Waals surface area (Å²) in [5.41, 5.74) is 0.398. The van der Waals surface area contributed by atoms with Gasteiger partial charge < -0.3 is 19.9 Å². The topological polar surface area (TPSA) is 50.7 Å². The molecule has 3 rings (SSSR count). The molecule has 2 heterocycles. The van der Waals surface area contributed by atoms with E-state index in [1.165, 1.54) is 0 Å². The van der Waals surface area contributed by atoms with Gasteiger partial charge in [0, 0.05) is 37.6 Å². The summed E-state index contributed by atoms with van der Waals surface area (Å²) in [7, 11) is 0. The molecule has 1 fully saturated rings. The second-order valence-electron chi connectivity index (χ2n) is 5.69. The van der Waals surface area contributed by atoms with Crippen LogP contribution in [0.15, 0.2) is 18.2 Å². The quantitative estimate of drug-likeness (QED) is 0.889. The highest BCUT2D eigenvalue weighted by molar-refractivity contribution is 6.30. The molecule has 4 nitrogen and oxygen atoms in total. The van der Waals surface area contributed by atoms with E-state index < -0.39 is 5.60 Å². The predicted molar refractivity (Wildman–Crippen MR) is 77.4 cm³/mol. The molecule has 2 aliphatic heterocycles. The fourth-order valence-electron chi connectivity index (χ4n) is 2.86. The van der Waals surface area contributed by atoms with E-state index in [2.05, 4.69) is 5.32 Å². The Morgan fingerprint density at radius 2 is 2.35 bits per heavy atom. The molecule has 2 aliphatic rings. The number of ether oxygens (including phenoxy) is 2. The first-order valence-electron chi connectivity index (χ1n) is 7.07. The van der Waals surface area contributed by atoms with Crippen molar-refractivity contribution in [2.75, 3.05) is 19.7 Å². The highest BCUT2D eigenvalue weighted by Crippen LogP contribution is 2.31. The molecule has 0 saturated carbocycles. The number of rotatable bonds is 4. The van der Waals surface area contributed by atoms with Crippen molar-refractivity contribution >= 4 is 11.6 Å². The normalized spacial score (nSPS) is 32.1. The Kier molecular flexibility index (Phi) is 3.91. The molecule has 0 amide bonds. The van der Waals surface area contributed by atoms with Crippen molar-refractivity contribution in [2.45, 2.75) is 37.6 Å². The molecular weight excluding hydrogens is 278 g/mol. The average Bonchev–Trinajstić information content (AvgIpc) is 2.94. The lowest BCUT2D eigenvalue weighted by atomic mass is 9.96. The lowest BCUT2D eigenvalue weighted by Crippen LogP contribution is -2.47. The van der Waals surface area contributed by atoms with Gasteiger partial charge in [-0.3, -0.25) is 0 Å². The highest BCUT2D eigenvalue weighted by Gasteiger charge is 2.39. The molecule has 20 heavy (non-hydrogen) atoms. The third-order valence-electron chi connectivity index (χ3n) is 4.23. The minimum absolute atomic E-state index is 0.102. The second kappa shape index (κ2) is 5.53. The van der Waals surface area contributed by atoms with E-state index in [0.29, 0.717) is 26.1 Å². The maximum atomic E-state index is 10.4.